The van der Waals surface area contributed by atoms with Gasteiger partial charge in [0.2, 0.25) is 0 Å². The van der Waals surface area contributed by atoms with Crippen molar-refractivity contribution in [1.29, 1.82) is 5.26 Å². The van der Waals surface area contributed by atoms with Gasteiger partial charge in [-0.25, -0.2) is 8.78 Å². The van der Waals surface area contributed by atoms with Gasteiger partial charge in [-0.1, -0.05) is 0 Å². The van der Waals surface area contributed by atoms with E-state index in [1.165, 1.54) is 0 Å². The topological polar surface area (TPSA) is 30.3 Å². The molecule has 106 valence electrons. The third-order valence-corrected chi connectivity index (χ3v) is 4.37. The molecule has 3 rings (SSSR count). The molecular formula is C15H17F2N3. The number of fused-ring (bicyclic) bond motifs is 1. The summed E-state index contributed by atoms with van der Waals surface area (Å²) in [7, 11) is 0. The molecule has 0 amide bonds. The summed E-state index contributed by atoms with van der Waals surface area (Å²) in [5.74, 6) is -1.28. The number of anilines is 1. The molecule has 0 saturated carbocycles. The second-order valence-electron chi connectivity index (χ2n) is 5.69. The minimum atomic E-state index is -0.639. The standard InChI is InChI=1S/C15H17F2N3/c1-10-8-19-4-2-3-12(19)9-20(10)15-13(16)5-11(7-18)6-14(15)17/h5-6,10,12H,2-4,8-9H2,1H3. The van der Waals surface area contributed by atoms with Crippen molar-refractivity contribution in [3.05, 3.63) is 29.3 Å². The molecule has 1 aromatic carbocycles. The highest BCUT2D eigenvalue weighted by Crippen LogP contribution is 2.32. The molecule has 2 aliphatic heterocycles. The first kappa shape index (κ1) is 13.3. The van der Waals surface area contributed by atoms with Crippen molar-refractivity contribution in [3.63, 3.8) is 0 Å². The number of nitrogens with zero attached hydrogens (tertiary/aromatic N) is 3. The van der Waals surface area contributed by atoms with Crippen molar-refractivity contribution in [3.8, 4) is 6.07 Å². The van der Waals surface area contributed by atoms with E-state index in [9.17, 15) is 8.78 Å². The van der Waals surface area contributed by atoms with Crippen LogP contribution in [0.15, 0.2) is 12.1 Å². The van der Waals surface area contributed by atoms with Crippen LogP contribution < -0.4 is 4.90 Å². The van der Waals surface area contributed by atoms with Crippen LogP contribution in [0, 0.1) is 23.0 Å². The molecule has 0 bridgehead atoms. The Morgan fingerprint density at radius 2 is 1.95 bits per heavy atom. The molecule has 0 aliphatic carbocycles. The van der Waals surface area contributed by atoms with Gasteiger partial charge in [-0.15, -0.1) is 0 Å². The normalized spacial score (nSPS) is 26.4. The van der Waals surface area contributed by atoms with Crippen molar-refractivity contribution in [2.75, 3.05) is 24.5 Å². The molecule has 0 spiro atoms. The number of hydrogen-bond acceptors (Lipinski definition) is 3. The molecule has 20 heavy (non-hydrogen) atoms. The first-order chi connectivity index (χ1) is 9.60. The zero-order valence-corrected chi connectivity index (χ0v) is 11.4. The molecule has 2 atom stereocenters. The van der Waals surface area contributed by atoms with Crippen LogP contribution in [0.1, 0.15) is 25.3 Å². The van der Waals surface area contributed by atoms with E-state index in [4.69, 9.17) is 5.26 Å². The highest BCUT2D eigenvalue weighted by Gasteiger charge is 2.36. The Morgan fingerprint density at radius 3 is 2.60 bits per heavy atom. The fourth-order valence-corrected chi connectivity index (χ4v) is 3.40. The summed E-state index contributed by atoms with van der Waals surface area (Å²) in [6.45, 7) is 4.57. The Kier molecular flexibility index (Phi) is 3.35. The maximum Gasteiger partial charge on any atom is 0.150 e. The average Bonchev–Trinajstić information content (AvgIpc) is 2.85. The van der Waals surface area contributed by atoms with Crippen molar-refractivity contribution in [1.82, 2.24) is 4.90 Å². The van der Waals surface area contributed by atoms with Crippen molar-refractivity contribution in [2.24, 2.45) is 0 Å². The van der Waals surface area contributed by atoms with E-state index in [-0.39, 0.29) is 17.3 Å². The Labute approximate surface area is 117 Å². The quantitative estimate of drug-likeness (QED) is 0.790. The van der Waals surface area contributed by atoms with Crippen LogP contribution in [-0.4, -0.2) is 36.6 Å². The third kappa shape index (κ3) is 2.14. The van der Waals surface area contributed by atoms with Crippen LogP contribution in [0.5, 0.6) is 0 Å². The van der Waals surface area contributed by atoms with Gasteiger partial charge in [0.25, 0.3) is 0 Å². The van der Waals surface area contributed by atoms with Gasteiger partial charge in [0.15, 0.2) is 11.6 Å². The maximum absolute atomic E-state index is 14.2. The van der Waals surface area contributed by atoms with Crippen LogP contribution in [0.25, 0.3) is 0 Å². The molecule has 2 unspecified atom stereocenters. The Bertz CT molecular complexity index is 544. The lowest BCUT2D eigenvalue weighted by atomic mass is 10.1. The van der Waals surface area contributed by atoms with Crippen LogP contribution in [0.3, 0.4) is 0 Å². The summed E-state index contributed by atoms with van der Waals surface area (Å²) >= 11 is 0. The van der Waals surface area contributed by atoms with E-state index >= 15 is 0 Å². The minimum Gasteiger partial charge on any atom is -0.361 e. The van der Waals surface area contributed by atoms with Gasteiger partial charge in [0.05, 0.1) is 11.6 Å². The van der Waals surface area contributed by atoms with E-state index in [1.807, 2.05) is 11.8 Å². The lowest BCUT2D eigenvalue weighted by Crippen LogP contribution is -2.55. The predicted octanol–water partition coefficient (Wildman–Crippen LogP) is 2.51. The van der Waals surface area contributed by atoms with E-state index in [0.717, 1.165) is 38.1 Å². The number of piperazine rings is 1. The largest absolute Gasteiger partial charge is 0.361 e. The zero-order chi connectivity index (χ0) is 14.3. The molecule has 2 heterocycles. The van der Waals surface area contributed by atoms with E-state index in [0.29, 0.717) is 12.6 Å². The number of benzene rings is 1. The predicted molar refractivity (Wildman–Crippen MR) is 72.5 cm³/mol. The van der Waals surface area contributed by atoms with Gasteiger partial charge < -0.3 is 4.90 Å². The third-order valence-electron chi connectivity index (χ3n) is 4.37. The molecule has 0 N–H and O–H groups in total. The molecular weight excluding hydrogens is 260 g/mol. The zero-order valence-electron chi connectivity index (χ0n) is 11.4. The molecule has 2 fully saturated rings. The number of nitriles is 1. The summed E-state index contributed by atoms with van der Waals surface area (Å²) in [5.41, 5.74) is 0.0407. The summed E-state index contributed by atoms with van der Waals surface area (Å²) in [4.78, 5) is 4.22. The van der Waals surface area contributed by atoms with Crippen LogP contribution >= 0.6 is 0 Å². The number of hydrogen-bond donors (Lipinski definition) is 0. The average molecular weight is 277 g/mol. The van der Waals surface area contributed by atoms with E-state index in [2.05, 4.69) is 4.90 Å². The fourth-order valence-electron chi connectivity index (χ4n) is 3.40. The van der Waals surface area contributed by atoms with Gasteiger partial charge in [-0.2, -0.15) is 5.26 Å². The molecule has 1 aromatic rings. The van der Waals surface area contributed by atoms with Crippen molar-refractivity contribution in [2.45, 2.75) is 31.8 Å². The first-order valence-electron chi connectivity index (χ1n) is 7.00. The molecule has 0 radical (unpaired) electrons. The fraction of sp³-hybridized carbons (Fsp3) is 0.533. The minimum absolute atomic E-state index is 0.0167. The highest BCUT2D eigenvalue weighted by atomic mass is 19.1. The van der Waals surface area contributed by atoms with Crippen molar-refractivity contribution >= 4 is 5.69 Å². The van der Waals surface area contributed by atoms with Crippen LogP contribution in [0.4, 0.5) is 14.5 Å². The monoisotopic (exact) mass is 277 g/mol. The SMILES string of the molecule is CC1CN2CCCC2CN1c1c(F)cc(C#N)cc1F. The number of rotatable bonds is 1. The van der Waals surface area contributed by atoms with Gasteiger partial charge in [-0.3, -0.25) is 4.90 Å². The summed E-state index contributed by atoms with van der Waals surface area (Å²) in [6.07, 6.45) is 2.24. The lowest BCUT2D eigenvalue weighted by molar-refractivity contribution is 0.201. The van der Waals surface area contributed by atoms with Crippen molar-refractivity contribution < 1.29 is 8.78 Å². The number of halogens is 2. The lowest BCUT2D eigenvalue weighted by Gasteiger charge is -2.43. The Balaban J connectivity index is 1.94. The summed E-state index contributed by atoms with van der Waals surface area (Å²) < 4.78 is 28.3. The Morgan fingerprint density at radius 1 is 1.25 bits per heavy atom. The van der Waals surface area contributed by atoms with Gasteiger partial charge in [0.1, 0.15) is 5.69 Å². The molecule has 5 heteroatoms. The first-order valence-corrected chi connectivity index (χ1v) is 7.00. The molecule has 2 aliphatic rings. The molecule has 2 saturated heterocycles. The highest BCUT2D eigenvalue weighted by molar-refractivity contribution is 5.54. The molecule has 0 aromatic heterocycles. The molecule has 3 nitrogen and oxygen atoms in total. The maximum atomic E-state index is 14.2. The second-order valence-corrected chi connectivity index (χ2v) is 5.69. The van der Waals surface area contributed by atoms with Gasteiger partial charge >= 0.3 is 0 Å². The Hall–Kier alpha value is -1.67. The second kappa shape index (κ2) is 5.02. The van der Waals surface area contributed by atoms with Crippen LogP contribution in [0.2, 0.25) is 0 Å². The van der Waals surface area contributed by atoms with E-state index in [1.54, 1.807) is 6.07 Å². The van der Waals surface area contributed by atoms with Gasteiger partial charge in [0, 0.05) is 25.2 Å². The van der Waals surface area contributed by atoms with E-state index < -0.39 is 11.6 Å². The van der Waals surface area contributed by atoms with Gasteiger partial charge in [-0.05, 0) is 38.4 Å². The van der Waals surface area contributed by atoms with Crippen LogP contribution in [-0.2, 0) is 0 Å². The summed E-state index contributed by atoms with van der Waals surface area (Å²) in [5, 5.41) is 8.76. The summed E-state index contributed by atoms with van der Waals surface area (Å²) in [6, 6.07) is 4.47. The smallest absolute Gasteiger partial charge is 0.150 e.